The maximum atomic E-state index is 13.0. The lowest BCUT2D eigenvalue weighted by atomic mass is 9.92. The van der Waals surface area contributed by atoms with Crippen molar-refractivity contribution in [2.45, 2.75) is 33.1 Å². The molecule has 0 amide bonds. The molecule has 1 N–H and O–H groups in total. The molecule has 0 saturated heterocycles. The molecule has 0 aromatic carbocycles. The lowest BCUT2D eigenvalue weighted by Crippen LogP contribution is -2.17. The fraction of sp³-hybridized carbons (Fsp3) is 0.400. The van der Waals surface area contributed by atoms with Crippen molar-refractivity contribution in [1.29, 1.82) is 0 Å². The first-order valence-electron chi connectivity index (χ1n) is 6.76. The molecule has 0 spiro atoms. The molecule has 0 radical (unpaired) electrons. The number of rotatable bonds is 3. The molecule has 0 atom stereocenters. The standard InChI is InChI=1S/C15H18BrFN4/c1-5-18-14-11(16)12(15(2,3)4)20-13(21-14)10-7-6-9(17)8-19-10/h6-8H,5H2,1-4H3,(H,18,20,21). The molecule has 21 heavy (non-hydrogen) atoms. The van der Waals surface area contributed by atoms with E-state index in [1.54, 1.807) is 6.07 Å². The highest BCUT2D eigenvalue weighted by molar-refractivity contribution is 9.10. The minimum absolute atomic E-state index is 0.152. The lowest BCUT2D eigenvalue weighted by molar-refractivity contribution is 0.564. The highest BCUT2D eigenvalue weighted by atomic mass is 79.9. The minimum Gasteiger partial charge on any atom is -0.369 e. The summed E-state index contributed by atoms with van der Waals surface area (Å²) in [6.07, 6.45) is 1.17. The molecule has 0 unspecified atom stereocenters. The van der Waals surface area contributed by atoms with E-state index in [-0.39, 0.29) is 11.2 Å². The van der Waals surface area contributed by atoms with Gasteiger partial charge >= 0.3 is 0 Å². The van der Waals surface area contributed by atoms with Gasteiger partial charge in [0.25, 0.3) is 0 Å². The number of halogens is 2. The summed E-state index contributed by atoms with van der Waals surface area (Å²) in [5.74, 6) is 0.830. The normalized spacial score (nSPS) is 11.5. The Kier molecular flexibility index (Phi) is 4.56. The summed E-state index contributed by atoms with van der Waals surface area (Å²) >= 11 is 3.57. The smallest absolute Gasteiger partial charge is 0.180 e. The molecule has 0 saturated carbocycles. The van der Waals surface area contributed by atoms with Gasteiger partial charge in [0.1, 0.15) is 17.3 Å². The maximum Gasteiger partial charge on any atom is 0.180 e. The van der Waals surface area contributed by atoms with E-state index in [4.69, 9.17) is 0 Å². The Hall–Kier alpha value is -1.56. The second-order valence-corrected chi connectivity index (χ2v) is 6.49. The average molecular weight is 353 g/mol. The highest BCUT2D eigenvalue weighted by Crippen LogP contribution is 2.34. The van der Waals surface area contributed by atoms with Crippen LogP contribution in [0.2, 0.25) is 0 Å². The predicted molar refractivity (Wildman–Crippen MR) is 85.8 cm³/mol. The SMILES string of the molecule is CCNc1nc(-c2ccc(F)cn2)nc(C(C)(C)C)c1Br. The van der Waals surface area contributed by atoms with Gasteiger partial charge in [-0.05, 0) is 35.0 Å². The zero-order valence-corrected chi connectivity index (χ0v) is 14.1. The number of anilines is 1. The van der Waals surface area contributed by atoms with Gasteiger partial charge < -0.3 is 5.32 Å². The monoisotopic (exact) mass is 352 g/mol. The van der Waals surface area contributed by atoms with E-state index in [9.17, 15) is 4.39 Å². The van der Waals surface area contributed by atoms with E-state index in [1.807, 2.05) is 6.92 Å². The Morgan fingerprint density at radius 1 is 1.24 bits per heavy atom. The summed E-state index contributed by atoms with van der Waals surface area (Å²) in [6, 6.07) is 2.94. The van der Waals surface area contributed by atoms with Gasteiger partial charge in [-0.1, -0.05) is 20.8 Å². The van der Waals surface area contributed by atoms with Crippen molar-refractivity contribution in [3.63, 3.8) is 0 Å². The summed E-state index contributed by atoms with van der Waals surface area (Å²) in [5, 5.41) is 3.21. The van der Waals surface area contributed by atoms with Crippen LogP contribution in [0.25, 0.3) is 11.5 Å². The van der Waals surface area contributed by atoms with Crippen molar-refractivity contribution in [3.05, 3.63) is 34.3 Å². The molecule has 4 nitrogen and oxygen atoms in total. The summed E-state index contributed by atoms with van der Waals surface area (Å²) in [6.45, 7) is 8.99. The van der Waals surface area contributed by atoms with Gasteiger partial charge in [0, 0.05) is 12.0 Å². The largest absolute Gasteiger partial charge is 0.369 e. The van der Waals surface area contributed by atoms with Crippen LogP contribution >= 0.6 is 15.9 Å². The van der Waals surface area contributed by atoms with E-state index in [0.29, 0.717) is 11.5 Å². The van der Waals surface area contributed by atoms with Gasteiger partial charge in [-0.3, -0.25) is 0 Å². The van der Waals surface area contributed by atoms with Crippen molar-refractivity contribution in [3.8, 4) is 11.5 Å². The second-order valence-electron chi connectivity index (χ2n) is 5.70. The van der Waals surface area contributed by atoms with Crippen molar-refractivity contribution in [2.24, 2.45) is 0 Å². The Morgan fingerprint density at radius 2 is 1.95 bits per heavy atom. The Bertz CT molecular complexity index is 635. The van der Waals surface area contributed by atoms with Crippen LogP contribution in [0.5, 0.6) is 0 Å². The van der Waals surface area contributed by atoms with Crippen LogP contribution in [-0.2, 0) is 5.41 Å². The van der Waals surface area contributed by atoms with Gasteiger partial charge in [-0.2, -0.15) is 0 Å². The van der Waals surface area contributed by atoms with E-state index < -0.39 is 0 Å². The predicted octanol–water partition coefficient (Wildman–Crippen LogP) is 4.17. The third-order valence-corrected chi connectivity index (χ3v) is 3.61. The third-order valence-electron chi connectivity index (χ3n) is 2.86. The fourth-order valence-electron chi connectivity index (χ4n) is 1.85. The van der Waals surface area contributed by atoms with E-state index in [1.165, 1.54) is 12.3 Å². The molecule has 6 heteroatoms. The fourth-order valence-corrected chi connectivity index (χ4v) is 2.76. The number of hydrogen-bond donors (Lipinski definition) is 1. The van der Waals surface area contributed by atoms with Gasteiger partial charge in [0.15, 0.2) is 5.82 Å². The summed E-state index contributed by atoms with van der Waals surface area (Å²) in [4.78, 5) is 13.1. The van der Waals surface area contributed by atoms with Gasteiger partial charge in [-0.15, -0.1) is 0 Å². The molecule has 2 rings (SSSR count). The zero-order chi connectivity index (χ0) is 15.6. The third kappa shape index (κ3) is 3.56. The van der Waals surface area contributed by atoms with Crippen LogP contribution in [-0.4, -0.2) is 21.5 Å². The number of hydrogen-bond acceptors (Lipinski definition) is 4. The van der Waals surface area contributed by atoms with Crippen LogP contribution in [0.1, 0.15) is 33.4 Å². The van der Waals surface area contributed by atoms with Crippen LogP contribution < -0.4 is 5.32 Å². The van der Waals surface area contributed by atoms with Crippen molar-refractivity contribution < 1.29 is 4.39 Å². The zero-order valence-electron chi connectivity index (χ0n) is 12.5. The molecule has 0 aliphatic heterocycles. The maximum absolute atomic E-state index is 13.0. The summed E-state index contributed by atoms with van der Waals surface area (Å²) < 4.78 is 13.9. The first-order valence-corrected chi connectivity index (χ1v) is 7.56. The molecule has 112 valence electrons. The van der Waals surface area contributed by atoms with Crippen LogP contribution in [0.15, 0.2) is 22.8 Å². The number of nitrogens with zero attached hydrogens (tertiary/aromatic N) is 3. The second kappa shape index (κ2) is 6.05. The molecule has 0 bridgehead atoms. The van der Waals surface area contributed by atoms with Gasteiger partial charge in [0.2, 0.25) is 0 Å². The molecule has 0 fully saturated rings. The van der Waals surface area contributed by atoms with Gasteiger partial charge in [-0.25, -0.2) is 19.3 Å². The average Bonchev–Trinajstić information content (AvgIpc) is 2.41. The quantitative estimate of drug-likeness (QED) is 0.900. The van der Waals surface area contributed by atoms with Crippen LogP contribution in [0, 0.1) is 5.82 Å². The Balaban J connectivity index is 2.61. The van der Waals surface area contributed by atoms with E-state index >= 15 is 0 Å². The van der Waals surface area contributed by atoms with Crippen LogP contribution in [0.4, 0.5) is 10.2 Å². The lowest BCUT2D eigenvalue weighted by Gasteiger charge is -2.21. The van der Waals surface area contributed by atoms with Crippen molar-refractivity contribution in [2.75, 3.05) is 11.9 Å². The molecule has 2 aromatic rings. The number of pyridine rings is 1. The van der Waals surface area contributed by atoms with Crippen LogP contribution in [0.3, 0.4) is 0 Å². The minimum atomic E-state index is -0.376. The highest BCUT2D eigenvalue weighted by Gasteiger charge is 2.23. The first kappa shape index (κ1) is 15.8. The topological polar surface area (TPSA) is 50.7 Å². The number of aromatic nitrogens is 3. The summed E-state index contributed by atoms with van der Waals surface area (Å²) in [7, 11) is 0. The number of nitrogens with one attached hydrogen (secondary N) is 1. The van der Waals surface area contributed by atoms with E-state index in [2.05, 4.69) is 57.0 Å². The van der Waals surface area contributed by atoms with E-state index in [0.717, 1.165) is 22.5 Å². The molecular weight excluding hydrogens is 335 g/mol. The van der Waals surface area contributed by atoms with Crippen molar-refractivity contribution >= 4 is 21.7 Å². The Labute approximate surface area is 132 Å². The molecular formula is C15H18BrFN4. The molecule has 0 aliphatic carbocycles. The van der Waals surface area contributed by atoms with Gasteiger partial charge in [0.05, 0.1) is 16.4 Å². The Morgan fingerprint density at radius 3 is 2.48 bits per heavy atom. The molecule has 2 aromatic heterocycles. The van der Waals surface area contributed by atoms with Crippen molar-refractivity contribution in [1.82, 2.24) is 15.0 Å². The summed E-state index contributed by atoms with van der Waals surface area (Å²) in [5.41, 5.74) is 1.28. The molecule has 2 heterocycles. The first-order chi connectivity index (χ1) is 9.82. The molecule has 0 aliphatic rings.